The summed E-state index contributed by atoms with van der Waals surface area (Å²) in [6.07, 6.45) is 0. The summed E-state index contributed by atoms with van der Waals surface area (Å²) in [5.41, 5.74) is 1.54. The molecule has 0 bridgehead atoms. The Morgan fingerprint density at radius 3 is 2.29 bits per heavy atom. The second-order valence-corrected chi connectivity index (χ2v) is 7.96. The number of halogens is 3. The summed E-state index contributed by atoms with van der Waals surface area (Å²) in [6, 6.07) is 7.41. The van der Waals surface area contributed by atoms with Crippen molar-refractivity contribution < 1.29 is 12.8 Å². The quantitative estimate of drug-likeness (QED) is 0.753. The number of benzene rings is 2. The lowest BCUT2D eigenvalue weighted by Gasteiger charge is -2.12. The number of rotatable bonds is 3. The molecule has 7 heteroatoms. The van der Waals surface area contributed by atoms with Gasteiger partial charge >= 0.3 is 0 Å². The third-order valence-corrected chi connectivity index (χ3v) is 6.12. The Morgan fingerprint density at radius 1 is 1.00 bits per heavy atom. The van der Waals surface area contributed by atoms with E-state index >= 15 is 0 Å². The van der Waals surface area contributed by atoms with Gasteiger partial charge in [-0.05, 0) is 65.2 Å². The zero-order valence-corrected chi connectivity index (χ0v) is 15.2. The molecule has 2 aromatic rings. The highest BCUT2D eigenvalue weighted by Gasteiger charge is 2.19. The van der Waals surface area contributed by atoms with Crippen molar-refractivity contribution in [3.8, 4) is 0 Å². The first-order valence-electron chi connectivity index (χ1n) is 5.95. The van der Waals surface area contributed by atoms with Crippen molar-refractivity contribution in [2.75, 3.05) is 4.72 Å². The molecule has 0 saturated heterocycles. The largest absolute Gasteiger partial charge is 0.279 e. The number of anilines is 1. The molecule has 0 heterocycles. The van der Waals surface area contributed by atoms with E-state index in [2.05, 4.69) is 36.6 Å². The maximum absolute atomic E-state index is 13.5. The summed E-state index contributed by atoms with van der Waals surface area (Å²) >= 11 is 6.55. The van der Waals surface area contributed by atoms with Crippen molar-refractivity contribution in [2.24, 2.45) is 0 Å². The van der Waals surface area contributed by atoms with Gasteiger partial charge in [-0.15, -0.1) is 0 Å². The van der Waals surface area contributed by atoms with Gasteiger partial charge in [-0.25, -0.2) is 12.8 Å². The van der Waals surface area contributed by atoms with E-state index in [0.29, 0.717) is 14.5 Å². The van der Waals surface area contributed by atoms with Crippen LogP contribution in [0.2, 0.25) is 0 Å². The van der Waals surface area contributed by atoms with Crippen LogP contribution in [0.15, 0.2) is 44.2 Å². The number of sulfonamides is 1. The van der Waals surface area contributed by atoms with Crippen LogP contribution in [0.1, 0.15) is 11.1 Å². The van der Waals surface area contributed by atoms with E-state index in [4.69, 9.17) is 0 Å². The summed E-state index contributed by atoms with van der Waals surface area (Å²) in [4.78, 5) is 0.0842. The Kier molecular flexibility index (Phi) is 4.75. The molecule has 3 nitrogen and oxygen atoms in total. The highest BCUT2D eigenvalue weighted by molar-refractivity contribution is 9.11. The molecule has 0 unspecified atom stereocenters. The molecular formula is C14H12Br2FNO2S. The predicted molar refractivity (Wildman–Crippen MR) is 88.5 cm³/mol. The lowest BCUT2D eigenvalue weighted by atomic mass is 10.2. The fourth-order valence-electron chi connectivity index (χ4n) is 1.70. The molecule has 2 rings (SSSR count). The minimum atomic E-state index is -3.81. The van der Waals surface area contributed by atoms with E-state index in [9.17, 15) is 12.8 Å². The molecule has 1 N–H and O–H groups in total. The van der Waals surface area contributed by atoms with E-state index in [0.717, 1.165) is 11.6 Å². The minimum absolute atomic E-state index is 0.0842. The van der Waals surface area contributed by atoms with Crippen molar-refractivity contribution in [3.05, 3.63) is 56.2 Å². The number of nitrogens with one attached hydrogen (secondary N) is 1. The van der Waals surface area contributed by atoms with Crippen LogP contribution in [-0.2, 0) is 10.0 Å². The van der Waals surface area contributed by atoms with E-state index in [1.54, 1.807) is 13.0 Å². The van der Waals surface area contributed by atoms with Crippen LogP contribution >= 0.6 is 31.9 Å². The third kappa shape index (κ3) is 3.64. The molecule has 112 valence electrons. The van der Waals surface area contributed by atoms with Gasteiger partial charge in [-0.1, -0.05) is 22.0 Å². The Bertz CT molecular complexity index is 807. The monoisotopic (exact) mass is 435 g/mol. The zero-order chi connectivity index (χ0) is 15.8. The smallest absolute Gasteiger partial charge is 0.263 e. The molecule has 2 aromatic carbocycles. The molecular weight excluding hydrogens is 425 g/mol. The van der Waals surface area contributed by atoms with E-state index in [-0.39, 0.29) is 10.6 Å². The average molecular weight is 437 g/mol. The molecule has 0 amide bonds. The topological polar surface area (TPSA) is 46.2 Å². The summed E-state index contributed by atoms with van der Waals surface area (Å²) in [5.74, 6) is -0.459. The standard InChI is InChI=1S/C14H12Br2FNO2S/c1-8-3-4-10(6-13(8)17)18-21(19,20)14-7-11(15)9(2)5-12(14)16/h3-7,18H,1-2H3. The highest BCUT2D eigenvalue weighted by atomic mass is 79.9. The van der Waals surface area contributed by atoms with Crippen molar-refractivity contribution in [1.29, 1.82) is 0 Å². The third-order valence-electron chi connectivity index (χ3n) is 2.93. The summed E-state index contributed by atoms with van der Waals surface area (Å²) < 4.78 is 41.8. The van der Waals surface area contributed by atoms with Crippen LogP contribution in [0.5, 0.6) is 0 Å². The molecule has 0 fully saturated rings. The maximum atomic E-state index is 13.5. The van der Waals surface area contributed by atoms with Gasteiger partial charge in [-0.2, -0.15) is 0 Å². The molecule has 21 heavy (non-hydrogen) atoms. The maximum Gasteiger partial charge on any atom is 0.263 e. The number of aryl methyl sites for hydroxylation is 2. The van der Waals surface area contributed by atoms with Gasteiger partial charge in [0.2, 0.25) is 0 Å². The zero-order valence-electron chi connectivity index (χ0n) is 11.2. The summed E-state index contributed by atoms with van der Waals surface area (Å²) in [7, 11) is -3.81. The van der Waals surface area contributed by atoms with Gasteiger partial charge in [0.25, 0.3) is 10.0 Å². The molecule has 0 aliphatic heterocycles. The average Bonchev–Trinajstić information content (AvgIpc) is 2.37. The molecule has 0 aliphatic rings. The lowest BCUT2D eigenvalue weighted by Crippen LogP contribution is -2.14. The van der Waals surface area contributed by atoms with Crippen LogP contribution in [0, 0.1) is 19.7 Å². The van der Waals surface area contributed by atoms with E-state index in [1.165, 1.54) is 18.2 Å². The molecule has 0 aromatic heterocycles. The van der Waals surface area contributed by atoms with Crippen molar-refractivity contribution in [3.63, 3.8) is 0 Å². The van der Waals surface area contributed by atoms with Gasteiger partial charge < -0.3 is 0 Å². The number of hydrogen-bond donors (Lipinski definition) is 1. The molecule has 0 aliphatic carbocycles. The van der Waals surface area contributed by atoms with Crippen molar-refractivity contribution >= 4 is 47.6 Å². The van der Waals surface area contributed by atoms with Crippen molar-refractivity contribution in [2.45, 2.75) is 18.7 Å². The fraction of sp³-hybridized carbons (Fsp3) is 0.143. The molecule has 0 radical (unpaired) electrons. The Labute approximate surface area is 139 Å². The summed E-state index contributed by atoms with van der Waals surface area (Å²) in [6.45, 7) is 3.47. The normalized spacial score (nSPS) is 11.5. The first-order chi connectivity index (χ1) is 9.70. The fourth-order valence-corrected chi connectivity index (χ4v) is 4.43. The van der Waals surface area contributed by atoms with Gasteiger partial charge in [0.1, 0.15) is 10.7 Å². The lowest BCUT2D eigenvalue weighted by molar-refractivity contribution is 0.600. The first-order valence-corrected chi connectivity index (χ1v) is 9.02. The second kappa shape index (κ2) is 6.06. The second-order valence-electron chi connectivity index (χ2n) is 4.60. The van der Waals surface area contributed by atoms with Crippen LogP contribution in [-0.4, -0.2) is 8.42 Å². The predicted octanol–water partition coefficient (Wildman–Crippen LogP) is 4.77. The summed E-state index contributed by atoms with van der Waals surface area (Å²) in [5, 5.41) is 0. The van der Waals surface area contributed by atoms with Crippen molar-refractivity contribution in [1.82, 2.24) is 0 Å². The SMILES string of the molecule is Cc1ccc(NS(=O)(=O)c2cc(Br)c(C)cc2Br)cc1F. The van der Waals surface area contributed by atoms with E-state index in [1.807, 2.05) is 6.92 Å². The van der Waals surface area contributed by atoms with Crippen LogP contribution in [0.4, 0.5) is 10.1 Å². The van der Waals surface area contributed by atoms with E-state index < -0.39 is 15.8 Å². The Balaban J connectivity index is 2.43. The number of hydrogen-bond acceptors (Lipinski definition) is 2. The van der Waals surface area contributed by atoms with Crippen LogP contribution in [0.3, 0.4) is 0 Å². The first kappa shape index (κ1) is 16.5. The van der Waals surface area contributed by atoms with Gasteiger partial charge in [-0.3, -0.25) is 4.72 Å². The molecule has 0 spiro atoms. The van der Waals surface area contributed by atoms with Gasteiger partial charge in [0, 0.05) is 8.95 Å². The molecule has 0 atom stereocenters. The van der Waals surface area contributed by atoms with Crippen LogP contribution in [0.25, 0.3) is 0 Å². The highest BCUT2D eigenvalue weighted by Crippen LogP contribution is 2.30. The van der Waals surface area contributed by atoms with Crippen LogP contribution < -0.4 is 4.72 Å². The van der Waals surface area contributed by atoms with Gasteiger partial charge in [0.15, 0.2) is 0 Å². The molecule has 0 saturated carbocycles. The van der Waals surface area contributed by atoms with Gasteiger partial charge in [0.05, 0.1) is 5.69 Å². The Morgan fingerprint density at radius 2 is 1.67 bits per heavy atom. The minimum Gasteiger partial charge on any atom is -0.279 e. The Hall–Kier alpha value is -0.920.